The fourth-order valence-corrected chi connectivity index (χ4v) is 2.35. The Kier molecular flexibility index (Phi) is 6.24. The van der Waals surface area contributed by atoms with Crippen LogP contribution in [0.5, 0.6) is 0 Å². The molecule has 23 heavy (non-hydrogen) atoms. The summed E-state index contributed by atoms with van der Waals surface area (Å²) in [6, 6.07) is 11.8. The van der Waals surface area contributed by atoms with Gasteiger partial charge in [-0.05, 0) is 24.3 Å². The van der Waals surface area contributed by atoms with Gasteiger partial charge in [-0.1, -0.05) is 41.4 Å². The van der Waals surface area contributed by atoms with Gasteiger partial charge in [0.2, 0.25) is 0 Å². The van der Waals surface area contributed by atoms with Crippen LogP contribution in [0.15, 0.2) is 42.5 Å². The van der Waals surface area contributed by atoms with Gasteiger partial charge in [0.05, 0.1) is 34.1 Å². The highest BCUT2D eigenvalue weighted by Gasteiger charge is 2.12. The number of aliphatic hydroxyl groups excluding tert-OH is 2. The predicted molar refractivity (Wildman–Crippen MR) is 92.4 cm³/mol. The zero-order valence-corrected chi connectivity index (χ0v) is 13.6. The first-order chi connectivity index (χ1) is 11.0. The molecule has 2 rings (SSSR count). The summed E-state index contributed by atoms with van der Waals surface area (Å²) in [4.78, 5) is 12.2. The molecule has 0 saturated heterocycles. The Balaban J connectivity index is 2.16. The topological polar surface area (TPSA) is 81.6 Å². The lowest BCUT2D eigenvalue weighted by atomic mass is 10.2. The normalized spacial score (nSPS) is 11.8. The number of aliphatic hydroxyl groups is 2. The molecule has 0 saturated carbocycles. The molecule has 0 aliphatic carbocycles. The molecule has 1 amide bonds. The Bertz CT molecular complexity index is 681. The van der Waals surface area contributed by atoms with E-state index in [-0.39, 0.29) is 19.1 Å². The molecule has 0 spiro atoms. The number of halogens is 2. The third-order valence-electron chi connectivity index (χ3n) is 3.08. The van der Waals surface area contributed by atoms with Crippen LogP contribution in [-0.2, 0) is 0 Å². The molecule has 0 bridgehead atoms. The first-order valence-electron chi connectivity index (χ1n) is 6.89. The molecule has 0 aromatic heterocycles. The molecular weight excluding hydrogens is 339 g/mol. The third-order valence-corrected chi connectivity index (χ3v) is 3.71. The van der Waals surface area contributed by atoms with Gasteiger partial charge in [-0.25, -0.2) is 0 Å². The molecule has 0 fully saturated rings. The number of nitrogens with one attached hydrogen (secondary N) is 2. The molecule has 122 valence electrons. The molecule has 4 N–H and O–H groups in total. The summed E-state index contributed by atoms with van der Waals surface area (Å²) in [5, 5.41) is 24.5. The number of hydrogen-bond acceptors (Lipinski definition) is 4. The quantitative estimate of drug-likeness (QED) is 0.642. The van der Waals surface area contributed by atoms with E-state index in [1.807, 2.05) is 6.07 Å². The fourth-order valence-electron chi connectivity index (χ4n) is 1.86. The minimum Gasteiger partial charge on any atom is -0.394 e. The van der Waals surface area contributed by atoms with Crippen molar-refractivity contribution in [2.24, 2.45) is 0 Å². The summed E-state index contributed by atoms with van der Waals surface area (Å²) in [6.45, 7) is -0.250. The number of carbonyl (C=O) groups is 1. The average Bonchev–Trinajstić information content (AvgIpc) is 2.56. The van der Waals surface area contributed by atoms with Crippen LogP contribution in [0.4, 0.5) is 11.4 Å². The predicted octanol–water partition coefficient (Wildman–Crippen LogP) is 3.01. The standard InChI is InChI=1S/C16H16Cl2N2O3/c17-12-6-13(18)15(7-14(12)19-8-11(22)9-21)20-16(23)10-4-2-1-3-5-10/h1-7,11,19,21-22H,8-9H2,(H,20,23). The summed E-state index contributed by atoms with van der Waals surface area (Å²) in [6.07, 6.45) is -0.913. The summed E-state index contributed by atoms with van der Waals surface area (Å²) >= 11 is 12.2. The maximum Gasteiger partial charge on any atom is 0.255 e. The molecule has 2 aromatic carbocycles. The highest BCUT2D eigenvalue weighted by Crippen LogP contribution is 2.33. The Morgan fingerprint density at radius 3 is 2.39 bits per heavy atom. The van der Waals surface area contributed by atoms with E-state index < -0.39 is 6.10 Å². The van der Waals surface area contributed by atoms with Gasteiger partial charge in [-0.2, -0.15) is 0 Å². The van der Waals surface area contributed by atoms with Crippen molar-refractivity contribution in [2.75, 3.05) is 23.8 Å². The minimum absolute atomic E-state index is 0.115. The molecule has 5 nitrogen and oxygen atoms in total. The van der Waals surface area contributed by atoms with E-state index in [2.05, 4.69) is 10.6 Å². The SMILES string of the molecule is O=C(Nc1cc(NCC(O)CO)c(Cl)cc1Cl)c1ccccc1. The molecule has 0 aliphatic heterocycles. The summed E-state index contributed by atoms with van der Waals surface area (Å²) in [5.41, 5.74) is 1.39. The molecule has 0 aliphatic rings. The van der Waals surface area contributed by atoms with Crippen molar-refractivity contribution in [3.05, 3.63) is 58.1 Å². The van der Waals surface area contributed by atoms with E-state index in [4.69, 9.17) is 28.3 Å². The summed E-state index contributed by atoms with van der Waals surface area (Å²) in [7, 11) is 0. The second-order valence-electron chi connectivity index (χ2n) is 4.85. The van der Waals surface area contributed by atoms with Crippen LogP contribution >= 0.6 is 23.2 Å². The van der Waals surface area contributed by atoms with Crippen LogP contribution in [-0.4, -0.2) is 35.4 Å². The van der Waals surface area contributed by atoms with Crippen LogP contribution in [0.1, 0.15) is 10.4 Å². The van der Waals surface area contributed by atoms with E-state index in [1.54, 1.807) is 30.3 Å². The highest BCUT2D eigenvalue weighted by atomic mass is 35.5. The Labute approximate surface area is 143 Å². The van der Waals surface area contributed by atoms with Crippen molar-refractivity contribution in [2.45, 2.75) is 6.10 Å². The summed E-state index contributed by atoms with van der Waals surface area (Å²) < 4.78 is 0. The van der Waals surface area contributed by atoms with Crippen molar-refractivity contribution in [3.8, 4) is 0 Å². The number of benzene rings is 2. The number of rotatable bonds is 6. The number of hydrogen-bond donors (Lipinski definition) is 4. The molecule has 1 atom stereocenters. The maximum atomic E-state index is 12.2. The average molecular weight is 355 g/mol. The van der Waals surface area contributed by atoms with E-state index in [0.717, 1.165) is 0 Å². The first-order valence-corrected chi connectivity index (χ1v) is 7.65. The molecule has 7 heteroatoms. The van der Waals surface area contributed by atoms with Crippen LogP contribution in [0, 0.1) is 0 Å². The first kappa shape index (κ1) is 17.6. The van der Waals surface area contributed by atoms with E-state index in [9.17, 15) is 9.90 Å². The van der Waals surface area contributed by atoms with Gasteiger partial charge in [0.25, 0.3) is 5.91 Å². The van der Waals surface area contributed by atoms with Crippen LogP contribution in [0.3, 0.4) is 0 Å². The largest absolute Gasteiger partial charge is 0.394 e. The van der Waals surface area contributed by atoms with Gasteiger partial charge in [0.1, 0.15) is 0 Å². The van der Waals surface area contributed by atoms with Crippen LogP contribution in [0.2, 0.25) is 10.0 Å². The van der Waals surface area contributed by atoms with E-state index in [0.29, 0.717) is 27.0 Å². The fraction of sp³-hybridized carbons (Fsp3) is 0.188. The molecule has 0 radical (unpaired) electrons. The minimum atomic E-state index is -0.913. The summed E-state index contributed by atoms with van der Waals surface area (Å²) in [5.74, 6) is -0.295. The maximum absolute atomic E-state index is 12.2. The van der Waals surface area contributed by atoms with Gasteiger partial charge in [-0.3, -0.25) is 4.79 Å². The second kappa shape index (κ2) is 8.17. The van der Waals surface area contributed by atoms with Crippen molar-refractivity contribution in [1.29, 1.82) is 0 Å². The smallest absolute Gasteiger partial charge is 0.255 e. The van der Waals surface area contributed by atoms with Crippen molar-refractivity contribution in [3.63, 3.8) is 0 Å². The number of anilines is 2. The molecule has 2 aromatic rings. The van der Waals surface area contributed by atoms with Gasteiger partial charge in [-0.15, -0.1) is 0 Å². The zero-order chi connectivity index (χ0) is 16.8. The number of amides is 1. The molecule has 1 unspecified atom stereocenters. The second-order valence-corrected chi connectivity index (χ2v) is 5.66. The van der Waals surface area contributed by atoms with E-state index in [1.165, 1.54) is 6.07 Å². The van der Waals surface area contributed by atoms with Crippen molar-refractivity contribution in [1.82, 2.24) is 0 Å². The Hall–Kier alpha value is -1.79. The Morgan fingerprint density at radius 1 is 1.09 bits per heavy atom. The van der Waals surface area contributed by atoms with Gasteiger partial charge >= 0.3 is 0 Å². The lowest BCUT2D eigenvalue weighted by Gasteiger charge is -2.14. The van der Waals surface area contributed by atoms with Gasteiger partial charge in [0.15, 0.2) is 0 Å². The molecular formula is C16H16Cl2N2O3. The highest BCUT2D eigenvalue weighted by molar-refractivity contribution is 6.38. The van der Waals surface area contributed by atoms with E-state index >= 15 is 0 Å². The van der Waals surface area contributed by atoms with Gasteiger partial charge in [0, 0.05) is 12.1 Å². The third kappa shape index (κ3) is 4.84. The monoisotopic (exact) mass is 354 g/mol. The van der Waals surface area contributed by atoms with Crippen LogP contribution in [0.25, 0.3) is 0 Å². The molecule has 0 heterocycles. The lowest BCUT2D eigenvalue weighted by Crippen LogP contribution is -2.23. The van der Waals surface area contributed by atoms with Crippen molar-refractivity contribution < 1.29 is 15.0 Å². The zero-order valence-electron chi connectivity index (χ0n) is 12.1. The van der Waals surface area contributed by atoms with Crippen LogP contribution < -0.4 is 10.6 Å². The Morgan fingerprint density at radius 2 is 1.74 bits per heavy atom. The van der Waals surface area contributed by atoms with Crippen molar-refractivity contribution >= 4 is 40.5 Å². The lowest BCUT2D eigenvalue weighted by molar-refractivity contribution is 0.102. The number of carbonyl (C=O) groups excluding carboxylic acids is 1. The van der Waals surface area contributed by atoms with Gasteiger partial charge < -0.3 is 20.8 Å².